The van der Waals surface area contributed by atoms with Gasteiger partial charge >= 0.3 is 0 Å². The Kier molecular flexibility index (Phi) is 3.03. The molecule has 2 heterocycles. The van der Waals surface area contributed by atoms with Gasteiger partial charge in [-0.25, -0.2) is 0 Å². The van der Waals surface area contributed by atoms with E-state index in [2.05, 4.69) is 10.0 Å². The minimum atomic E-state index is -1.35. The second-order valence-corrected chi connectivity index (χ2v) is 4.62. The van der Waals surface area contributed by atoms with Crippen molar-refractivity contribution in [1.29, 1.82) is 0 Å². The van der Waals surface area contributed by atoms with Gasteiger partial charge in [0, 0.05) is 4.91 Å². The SMILES string of the molecule is CC1(C)O[C@@H]2OC(CO)(CO)[C@@H](N=[N+]=[N-])[C@H]2O1. The average molecular weight is 245 g/mol. The summed E-state index contributed by atoms with van der Waals surface area (Å²) < 4.78 is 16.5. The second kappa shape index (κ2) is 4.09. The summed E-state index contributed by atoms with van der Waals surface area (Å²) in [7, 11) is 0. The van der Waals surface area contributed by atoms with Gasteiger partial charge in [0.2, 0.25) is 0 Å². The number of aliphatic hydroxyl groups is 2. The first kappa shape index (κ1) is 12.6. The zero-order valence-corrected chi connectivity index (χ0v) is 9.61. The third-order valence-corrected chi connectivity index (χ3v) is 3.00. The van der Waals surface area contributed by atoms with E-state index in [1.165, 1.54) is 0 Å². The van der Waals surface area contributed by atoms with Crippen molar-refractivity contribution < 1.29 is 24.4 Å². The van der Waals surface area contributed by atoms with Gasteiger partial charge in [0.25, 0.3) is 0 Å². The summed E-state index contributed by atoms with van der Waals surface area (Å²) in [6, 6.07) is -0.825. The Bertz CT molecular complexity index is 351. The van der Waals surface area contributed by atoms with Crippen molar-refractivity contribution in [3.8, 4) is 0 Å². The molecule has 0 amide bonds. The fourth-order valence-corrected chi connectivity index (χ4v) is 2.20. The topological polar surface area (TPSA) is 117 Å². The third kappa shape index (κ3) is 1.89. The summed E-state index contributed by atoms with van der Waals surface area (Å²) in [5.41, 5.74) is 7.19. The zero-order valence-electron chi connectivity index (χ0n) is 9.61. The van der Waals surface area contributed by atoms with Crippen LogP contribution in [0.2, 0.25) is 0 Å². The second-order valence-electron chi connectivity index (χ2n) is 4.62. The molecule has 0 saturated carbocycles. The van der Waals surface area contributed by atoms with Crippen LogP contribution in [0.5, 0.6) is 0 Å². The number of rotatable bonds is 3. The van der Waals surface area contributed by atoms with Gasteiger partial charge in [-0.05, 0) is 19.4 Å². The van der Waals surface area contributed by atoms with E-state index in [1.807, 2.05) is 0 Å². The Labute approximate surface area is 97.7 Å². The lowest BCUT2D eigenvalue weighted by atomic mass is 9.95. The maximum absolute atomic E-state index is 9.32. The number of ether oxygens (including phenoxy) is 3. The molecule has 2 aliphatic rings. The first-order chi connectivity index (χ1) is 7.98. The molecule has 2 N–H and O–H groups in total. The highest BCUT2D eigenvalue weighted by molar-refractivity contribution is 5.07. The Balaban J connectivity index is 2.30. The highest BCUT2D eigenvalue weighted by Crippen LogP contribution is 2.43. The fourth-order valence-electron chi connectivity index (χ4n) is 2.20. The van der Waals surface area contributed by atoms with Gasteiger partial charge in [0.05, 0.1) is 13.2 Å². The lowest BCUT2D eigenvalue weighted by Gasteiger charge is -2.31. The molecule has 2 rings (SSSR count). The Morgan fingerprint density at radius 1 is 1.24 bits per heavy atom. The first-order valence-electron chi connectivity index (χ1n) is 5.27. The van der Waals surface area contributed by atoms with Crippen LogP contribution < -0.4 is 0 Å². The van der Waals surface area contributed by atoms with Crippen LogP contribution in [0.3, 0.4) is 0 Å². The van der Waals surface area contributed by atoms with Crippen molar-refractivity contribution in [2.24, 2.45) is 5.11 Å². The van der Waals surface area contributed by atoms with Crippen molar-refractivity contribution >= 4 is 0 Å². The van der Waals surface area contributed by atoms with Crippen LogP contribution >= 0.6 is 0 Å². The molecular weight excluding hydrogens is 230 g/mol. The van der Waals surface area contributed by atoms with Crippen molar-refractivity contribution in [3.63, 3.8) is 0 Å². The summed E-state index contributed by atoms with van der Waals surface area (Å²) in [4.78, 5) is 2.70. The van der Waals surface area contributed by atoms with Gasteiger partial charge in [0.1, 0.15) is 17.7 Å². The van der Waals surface area contributed by atoms with Crippen LogP contribution in [0, 0.1) is 0 Å². The predicted octanol–water partition coefficient (Wildman–Crippen LogP) is -0.104. The summed E-state index contributed by atoms with van der Waals surface area (Å²) in [6.45, 7) is 2.46. The van der Waals surface area contributed by atoms with Crippen molar-refractivity contribution in [2.45, 2.75) is 43.7 Å². The van der Waals surface area contributed by atoms with Crippen molar-refractivity contribution in [1.82, 2.24) is 0 Å². The van der Waals surface area contributed by atoms with Crippen molar-refractivity contribution in [2.75, 3.05) is 13.2 Å². The number of fused-ring (bicyclic) bond motifs is 1. The fraction of sp³-hybridized carbons (Fsp3) is 1.00. The minimum absolute atomic E-state index is 0.479. The van der Waals surface area contributed by atoms with E-state index in [9.17, 15) is 10.2 Å². The van der Waals surface area contributed by atoms with Gasteiger partial charge in [-0.15, -0.1) is 0 Å². The van der Waals surface area contributed by atoms with Gasteiger partial charge < -0.3 is 24.4 Å². The van der Waals surface area contributed by atoms with Crippen LogP contribution in [0.15, 0.2) is 5.11 Å². The molecule has 0 aromatic rings. The van der Waals surface area contributed by atoms with E-state index in [1.54, 1.807) is 13.8 Å². The smallest absolute Gasteiger partial charge is 0.188 e. The number of hydrogen-bond donors (Lipinski definition) is 2. The van der Waals surface area contributed by atoms with E-state index in [-0.39, 0.29) is 0 Å². The van der Waals surface area contributed by atoms with E-state index in [4.69, 9.17) is 19.7 Å². The quantitative estimate of drug-likeness (QED) is 0.409. The Morgan fingerprint density at radius 3 is 2.41 bits per heavy atom. The third-order valence-electron chi connectivity index (χ3n) is 3.00. The number of nitrogens with zero attached hydrogens (tertiary/aromatic N) is 3. The number of hydrogen-bond acceptors (Lipinski definition) is 6. The standard InChI is InChI=1S/C9H15N3O5/c1-8(2)15-5-6(11-12-10)9(3-13,4-14)17-7(5)16-8/h5-7,13-14H,3-4H2,1-2H3/t5-,6+,7-/m1/s1. The summed E-state index contributed by atoms with van der Waals surface area (Å²) >= 11 is 0. The maximum atomic E-state index is 9.32. The molecular formula is C9H15N3O5. The number of aliphatic hydroxyl groups excluding tert-OH is 2. The van der Waals surface area contributed by atoms with Crippen LogP contribution in [0.1, 0.15) is 13.8 Å². The Morgan fingerprint density at radius 2 is 1.88 bits per heavy atom. The highest BCUT2D eigenvalue weighted by atomic mass is 16.8. The molecule has 2 saturated heterocycles. The molecule has 2 aliphatic heterocycles. The van der Waals surface area contributed by atoms with E-state index < -0.39 is 43.0 Å². The molecule has 0 bridgehead atoms. The lowest BCUT2D eigenvalue weighted by molar-refractivity contribution is -0.239. The van der Waals surface area contributed by atoms with Gasteiger partial charge in [-0.1, -0.05) is 5.11 Å². The van der Waals surface area contributed by atoms with E-state index >= 15 is 0 Å². The number of azide groups is 1. The van der Waals surface area contributed by atoms with Crippen LogP contribution in [0.25, 0.3) is 10.4 Å². The molecule has 0 unspecified atom stereocenters. The molecule has 0 spiro atoms. The molecule has 96 valence electrons. The Hall–Kier alpha value is -0.890. The predicted molar refractivity (Wildman–Crippen MR) is 54.7 cm³/mol. The zero-order chi connectivity index (χ0) is 12.7. The lowest BCUT2D eigenvalue weighted by Crippen LogP contribution is -2.49. The van der Waals surface area contributed by atoms with E-state index in [0.29, 0.717) is 0 Å². The normalized spacial score (nSPS) is 37.5. The molecule has 0 aromatic carbocycles. The van der Waals surface area contributed by atoms with Gasteiger partial charge in [-0.3, -0.25) is 0 Å². The molecule has 8 heteroatoms. The van der Waals surface area contributed by atoms with Crippen LogP contribution in [-0.4, -0.2) is 53.3 Å². The summed E-state index contributed by atoms with van der Waals surface area (Å²) in [5, 5.41) is 22.2. The van der Waals surface area contributed by atoms with E-state index in [0.717, 1.165) is 0 Å². The largest absolute Gasteiger partial charge is 0.393 e. The highest BCUT2D eigenvalue weighted by Gasteiger charge is 2.61. The monoisotopic (exact) mass is 245 g/mol. The summed E-state index contributed by atoms with van der Waals surface area (Å²) in [5.74, 6) is -0.838. The molecule has 0 radical (unpaired) electrons. The molecule has 8 nitrogen and oxygen atoms in total. The van der Waals surface area contributed by atoms with Crippen LogP contribution in [-0.2, 0) is 14.2 Å². The molecule has 17 heavy (non-hydrogen) atoms. The molecule has 0 aromatic heterocycles. The van der Waals surface area contributed by atoms with Gasteiger partial charge in [0.15, 0.2) is 12.1 Å². The first-order valence-corrected chi connectivity index (χ1v) is 5.27. The molecule has 3 atom stereocenters. The maximum Gasteiger partial charge on any atom is 0.188 e. The van der Waals surface area contributed by atoms with Crippen molar-refractivity contribution in [3.05, 3.63) is 10.4 Å². The van der Waals surface area contributed by atoms with Crippen LogP contribution in [0.4, 0.5) is 0 Å². The minimum Gasteiger partial charge on any atom is -0.393 e. The average Bonchev–Trinajstić information content (AvgIpc) is 2.71. The van der Waals surface area contributed by atoms with Gasteiger partial charge in [-0.2, -0.15) is 0 Å². The molecule has 0 aliphatic carbocycles. The molecule has 2 fully saturated rings. The summed E-state index contributed by atoms with van der Waals surface area (Å²) in [6.07, 6.45) is -1.38.